The van der Waals surface area contributed by atoms with Gasteiger partial charge in [-0.05, 0) is 31.9 Å². The predicted octanol–water partition coefficient (Wildman–Crippen LogP) is 2.88. The molecule has 0 saturated heterocycles. The maximum Gasteiger partial charge on any atom is 0.156 e. The summed E-state index contributed by atoms with van der Waals surface area (Å²) in [6, 6.07) is 5.17. The number of aliphatic hydroxyl groups excluding tert-OH is 1. The summed E-state index contributed by atoms with van der Waals surface area (Å²) in [5, 5.41) is 14.0. The van der Waals surface area contributed by atoms with Crippen LogP contribution in [-0.4, -0.2) is 29.9 Å². The quantitative estimate of drug-likeness (QED) is 0.846. The number of hydrogen-bond donors (Lipinski definition) is 2. The van der Waals surface area contributed by atoms with Crippen LogP contribution in [-0.2, 0) is 0 Å². The Morgan fingerprint density at radius 2 is 2.00 bits per heavy atom. The van der Waals surface area contributed by atoms with Gasteiger partial charge in [-0.2, -0.15) is 0 Å². The first-order valence-corrected chi connectivity index (χ1v) is 6.76. The van der Waals surface area contributed by atoms with Gasteiger partial charge in [-0.25, -0.2) is 0 Å². The molecule has 18 heavy (non-hydrogen) atoms. The number of para-hydroxylation sites is 1. The van der Waals surface area contributed by atoms with E-state index in [4.69, 9.17) is 27.9 Å². The number of aliphatic hydroxyl groups is 1. The second kappa shape index (κ2) is 5.66. The van der Waals surface area contributed by atoms with E-state index in [1.807, 2.05) is 0 Å². The summed E-state index contributed by atoms with van der Waals surface area (Å²) in [5.41, 5.74) is 0.211. The van der Waals surface area contributed by atoms with Gasteiger partial charge in [0.2, 0.25) is 0 Å². The van der Waals surface area contributed by atoms with Crippen molar-refractivity contribution >= 4 is 23.2 Å². The van der Waals surface area contributed by atoms with Gasteiger partial charge in [0, 0.05) is 12.1 Å². The molecule has 0 aliphatic heterocycles. The molecule has 2 N–H and O–H groups in total. The van der Waals surface area contributed by atoms with Crippen molar-refractivity contribution in [1.29, 1.82) is 0 Å². The van der Waals surface area contributed by atoms with Crippen LogP contribution >= 0.6 is 23.2 Å². The van der Waals surface area contributed by atoms with Crippen LogP contribution in [0.2, 0.25) is 10.0 Å². The highest BCUT2D eigenvalue weighted by Gasteiger charge is 2.36. The van der Waals surface area contributed by atoms with Gasteiger partial charge in [0.1, 0.15) is 12.7 Å². The van der Waals surface area contributed by atoms with Crippen LogP contribution in [0.1, 0.15) is 19.8 Å². The van der Waals surface area contributed by atoms with E-state index in [2.05, 4.69) is 12.2 Å². The highest BCUT2D eigenvalue weighted by atomic mass is 35.5. The van der Waals surface area contributed by atoms with E-state index in [-0.39, 0.29) is 12.1 Å². The fraction of sp³-hybridized carbons (Fsp3) is 0.538. The Morgan fingerprint density at radius 1 is 1.39 bits per heavy atom. The summed E-state index contributed by atoms with van der Waals surface area (Å²) in [6.45, 7) is 2.83. The van der Waals surface area contributed by atoms with Crippen molar-refractivity contribution in [2.45, 2.75) is 31.4 Å². The van der Waals surface area contributed by atoms with Crippen molar-refractivity contribution in [3.63, 3.8) is 0 Å². The van der Waals surface area contributed by atoms with Crippen molar-refractivity contribution in [2.75, 3.05) is 13.2 Å². The summed E-state index contributed by atoms with van der Waals surface area (Å²) in [4.78, 5) is 0. The Labute approximate surface area is 117 Å². The smallest absolute Gasteiger partial charge is 0.156 e. The topological polar surface area (TPSA) is 41.5 Å². The zero-order chi connectivity index (χ0) is 13.2. The van der Waals surface area contributed by atoms with Gasteiger partial charge >= 0.3 is 0 Å². The van der Waals surface area contributed by atoms with Crippen LogP contribution in [0.25, 0.3) is 0 Å². The average molecular weight is 290 g/mol. The molecule has 100 valence electrons. The molecule has 0 heterocycles. The maximum atomic E-state index is 9.81. The van der Waals surface area contributed by atoms with Crippen molar-refractivity contribution in [3.05, 3.63) is 28.2 Å². The van der Waals surface area contributed by atoms with Crippen LogP contribution in [0.3, 0.4) is 0 Å². The number of halogens is 2. The molecule has 2 rings (SSSR count). The molecular formula is C13H17Cl2NO2. The Kier molecular flexibility index (Phi) is 4.38. The minimum atomic E-state index is -0.574. The molecule has 0 amide bonds. The predicted molar refractivity (Wildman–Crippen MR) is 73.6 cm³/mol. The second-order valence-corrected chi connectivity index (χ2v) is 5.77. The van der Waals surface area contributed by atoms with Gasteiger partial charge in [0.15, 0.2) is 5.75 Å². The normalized spacial score (nSPS) is 18.4. The molecule has 1 aromatic rings. The average Bonchev–Trinajstić information content (AvgIpc) is 3.05. The van der Waals surface area contributed by atoms with E-state index >= 15 is 0 Å². The van der Waals surface area contributed by atoms with E-state index in [1.54, 1.807) is 18.2 Å². The SMILES string of the molecule is CC1(NCC(O)COc2c(Cl)cccc2Cl)CC1. The first-order valence-electron chi connectivity index (χ1n) is 6.00. The molecule has 0 bridgehead atoms. The van der Waals surface area contributed by atoms with Crippen molar-refractivity contribution in [3.8, 4) is 5.75 Å². The summed E-state index contributed by atoms with van der Waals surface area (Å²) in [6.07, 6.45) is 1.75. The van der Waals surface area contributed by atoms with E-state index in [1.165, 1.54) is 0 Å². The lowest BCUT2D eigenvalue weighted by molar-refractivity contribution is 0.103. The second-order valence-electron chi connectivity index (χ2n) is 4.96. The Morgan fingerprint density at radius 3 is 2.56 bits per heavy atom. The van der Waals surface area contributed by atoms with E-state index in [9.17, 15) is 5.11 Å². The molecule has 1 aliphatic rings. The molecule has 1 fully saturated rings. The van der Waals surface area contributed by atoms with E-state index in [0.717, 1.165) is 12.8 Å². The van der Waals surface area contributed by atoms with Gasteiger partial charge in [-0.1, -0.05) is 29.3 Å². The first-order chi connectivity index (χ1) is 8.50. The third-order valence-electron chi connectivity index (χ3n) is 3.10. The van der Waals surface area contributed by atoms with Gasteiger partial charge in [0.25, 0.3) is 0 Å². The van der Waals surface area contributed by atoms with Crippen LogP contribution in [0.15, 0.2) is 18.2 Å². The van der Waals surface area contributed by atoms with Crippen LogP contribution < -0.4 is 10.1 Å². The fourth-order valence-electron chi connectivity index (χ4n) is 1.59. The van der Waals surface area contributed by atoms with Crippen molar-refractivity contribution < 1.29 is 9.84 Å². The summed E-state index contributed by atoms with van der Waals surface area (Å²) >= 11 is 11.9. The Balaban J connectivity index is 1.79. The molecule has 3 nitrogen and oxygen atoms in total. The summed E-state index contributed by atoms with van der Waals surface area (Å²) in [7, 11) is 0. The van der Waals surface area contributed by atoms with Crippen molar-refractivity contribution in [2.24, 2.45) is 0 Å². The minimum Gasteiger partial charge on any atom is -0.488 e. The molecular weight excluding hydrogens is 273 g/mol. The van der Waals surface area contributed by atoms with Crippen LogP contribution in [0.5, 0.6) is 5.75 Å². The number of β-amino-alcohol motifs (C(OH)–C–C–N with tert-alkyl or cyclic N) is 1. The third-order valence-corrected chi connectivity index (χ3v) is 3.70. The van der Waals surface area contributed by atoms with E-state index < -0.39 is 6.10 Å². The summed E-state index contributed by atoms with van der Waals surface area (Å²) < 4.78 is 5.46. The molecule has 5 heteroatoms. The van der Waals surface area contributed by atoms with Gasteiger partial charge in [-0.3, -0.25) is 0 Å². The standard InChI is InChI=1S/C13H17Cl2NO2/c1-13(5-6-13)16-7-9(17)8-18-12-10(14)3-2-4-11(12)15/h2-4,9,16-17H,5-8H2,1H3. The van der Waals surface area contributed by atoms with Crippen LogP contribution in [0, 0.1) is 0 Å². The molecule has 1 saturated carbocycles. The molecule has 0 spiro atoms. The largest absolute Gasteiger partial charge is 0.488 e. The lowest BCUT2D eigenvalue weighted by Crippen LogP contribution is -2.37. The highest BCUT2D eigenvalue weighted by molar-refractivity contribution is 6.37. The molecule has 1 aliphatic carbocycles. The monoisotopic (exact) mass is 289 g/mol. The van der Waals surface area contributed by atoms with Crippen molar-refractivity contribution in [1.82, 2.24) is 5.32 Å². The van der Waals surface area contributed by atoms with Crippen LogP contribution in [0.4, 0.5) is 0 Å². The van der Waals surface area contributed by atoms with Gasteiger partial charge in [0.05, 0.1) is 10.0 Å². The fourth-order valence-corrected chi connectivity index (χ4v) is 2.09. The Bertz CT molecular complexity index is 401. The number of hydrogen-bond acceptors (Lipinski definition) is 3. The highest BCUT2D eigenvalue weighted by Crippen LogP contribution is 2.34. The number of benzene rings is 1. The Hall–Kier alpha value is -0.480. The summed E-state index contributed by atoms with van der Waals surface area (Å²) in [5.74, 6) is 0.428. The zero-order valence-electron chi connectivity index (χ0n) is 10.2. The molecule has 1 atom stereocenters. The van der Waals surface area contributed by atoms with Gasteiger partial charge in [-0.15, -0.1) is 0 Å². The lowest BCUT2D eigenvalue weighted by atomic mass is 10.3. The first kappa shape index (κ1) is 13.9. The third kappa shape index (κ3) is 3.75. The molecule has 0 aromatic heterocycles. The van der Waals surface area contributed by atoms with Gasteiger partial charge < -0.3 is 15.2 Å². The lowest BCUT2D eigenvalue weighted by Gasteiger charge is -2.17. The molecule has 1 unspecified atom stereocenters. The zero-order valence-corrected chi connectivity index (χ0v) is 11.8. The molecule has 1 aromatic carbocycles. The number of rotatable bonds is 6. The maximum absolute atomic E-state index is 9.81. The number of ether oxygens (including phenoxy) is 1. The minimum absolute atomic E-state index is 0.173. The molecule has 0 radical (unpaired) electrons. The van der Waals surface area contributed by atoms with E-state index in [0.29, 0.717) is 22.3 Å². The number of nitrogens with one attached hydrogen (secondary N) is 1.